The average molecular weight is 427 g/mol. The molecule has 0 aromatic heterocycles. The number of carbonyl (C=O) groups excluding carboxylic acids is 3. The highest BCUT2D eigenvalue weighted by Gasteiger charge is 2.30. The van der Waals surface area contributed by atoms with Crippen LogP contribution in [0.15, 0.2) is 29.2 Å². The van der Waals surface area contributed by atoms with Crippen molar-refractivity contribution in [2.75, 3.05) is 33.3 Å². The van der Waals surface area contributed by atoms with Gasteiger partial charge in [0, 0.05) is 30.1 Å². The minimum atomic E-state index is -0.326. The molecule has 1 heterocycles. The van der Waals surface area contributed by atoms with Crippen molar-refractivity contribution in [3.05, 3.63) is 29.3 Å². The number of ether oxygens (including phenoxy) is 1. The van der Waals surface area contributed by atoms with E-state index >= 15 is 0 Å². The number of rotatable bonds is 7. The normalized spacial score (nSPS) is 17.7. The van der Waals surface area contributed by atoms with Gasteiger partial charge in [-0.05, 0) is 51.0 Å². The van der Waals surface area contributed by atoms with Crippen molar-refractivity contribution in [2.45, 2.75) is 36.8 Å². The third-order valence-corrected chi connectivity index (χ3v) is 5.97. The first kappa shape index (κ1) is 22.6. The number of hydrogen-bond donors (Lipinski definition) is 0. The third kappa shape index (κ3) is 6.41. The van der Waals surface area contributed by atoms with Crippen LogP contribution in [0.4, 0.5) is 0 Å². The smallest absolute Gasteiger partial charge is 0.310 e. The topological polar surface area (TPSA) is 66.9 Å². The molecule has 0 radical (unpaired) electrons. The number of piperidine rings is 1. The van der Waals surface area contributed by atoms with Crippen LogP contribution in [0.3, 0.4) is 0 Å². The van der Waals surface area contributed by atoms with Crippen molar-refractivity contribution in [3.8, 4) is 0 Å². The number of nitrogens with zero attached hydrogens (tertiary/aromatic N) is 2. The Morgan fingerprint density at radius 3 is 2.64 bits per heavy atom. The van der Waals surface area contributed by atoms with Gasteiger partial charge in [-0.2, -0.15) is 0 Å². The highest BCUT2D eigenvalue weighted by molar-refractivity contribution is 8.00. The minimum absolute atomic E-state index is 0.000103. The zero-order chi connectivity index (χ0) is 20.7. The SMILES string of the molecule is CCOC(=O)C1CCCN(C(=O)CN(C)C(=O)C(C)Sc2ccc(Cl)cc2)C1. The summed E-state index contributed by atoms with van der Waals surface area (Å²) in [4.78, 5) is 41.2. The summed E-state index contributed by atoms with van der Waals surface area (Å²) in [6, 6.07) is 7.30. The molecule has 28 heavy (non-hydrogen) atoms. The molecule has 0 spiro atoms. The Balaban J connectivity index is 1.87. The summed E-state index contributed by atoms with van der Waals surface area (Å²) in [7, 11) is 1.63. The molecule has 1 aliphatic rings. The van der Waals surface area contributed by atoms with Crippen LogP contribution < -0.4 is 0 Å². The Morgan fingerprint density at radius 1 is 1.32 bits per heavy atom. The second-order valence-corrected chi connectivity index (χ2v) is 8.69. The number of amides is 2. The second kappa shape index (κ2) is 10.7. The number of hydrogen-bond acceptors (Lipinski definition) is 5. The Morgan fingerprint density at radius 2 is 2.00 bits per heavy atom. The molecule has 154 valence electrons. The van der Waals surface area contributed by atoms with Crippen molar-refractivity contribution in [1.29, 1.82) is 0 Å². The maximum Gasteiger partial charge on any atom is 0.310 e. The Labute approximate surface area is 175 Å². The fourth-order valence-electron chi connectivity index (χ4n) is 3.12. The van der Waals surface area contributed by atoms with Gasteiger partial charge in [0.15, 0.2) is 0 Å². The molecule has 0 aliphatic carbocycles. The molecule has 8 heteroatoms. The lowest BCUT2D eigenvalue weighted by atomic mass is 9.98. The average Bonchev–Trinajstić information content (AvgIpc) is 2.69. The van der Waals surface area contributed by atoms with Crippen molar-refractivity contribution in [2.24, 2.45) is 5.92 Å². The molecule has 1 aromatic rings. The van der Waals surface area contributed by atoms with Crippen LogP contribution in [0.1, 0.15) is 26.7 Å². The largest absolute Gasteiger partial charge is 0.466 e. The van der Waals surface area contributed by atoms with Gasteiger partial charge >= 0.3 is 5.97 Å². The molecule has 0 saturated carbocycles. The number of esters is 1. The van der Waals surface area contributed by atoms with Gasteiger partial charge < -0.3 is 14.5 Å². The quantitative estimate of drug-likeness (QED) is 0.495. The van der Waals surface area contributed by atoms with E-state index in [0.29, 0.717) is 24.7 Å². The first-order valence-electron chi connectivity index (χ1n) is 9.43. The summed E-state index contributed by atoms with van der Waals surface area (Å²) in [5, 5.41) is 0.321. The summed E-state index contributed by atoms with van der Waals surface area (Å²) in [5.41, 5.74) is 0. The molecule has 1 fully saturated rings. The molecular formula is C20H27ClN2O4S. The summed E-state index contributed by atoms with van der Waals surface area (Å²) >= 11 is 7.31. The maximum atomic E-state index is 12.6. The molecule has 2 unspecified atom stereocenters. The van der Waals surface area contributed by atoms with Gasteiger partial charge in [-0.1, -0.05) is 11.6 Å². The lowest BCUT2D eigenvalue weighted by molar-refractivity contribution is -0.152. The Bertz CT molecular complexity index is 698. The van der Waals surface area contributed by atoms with Crippen LogP contribution in [0, 0.1) is 5.92 Å². The van der Waals surface area contributed by atoms with Crippen molar-refractivity contribution < 1.29 is 19.1 Å². The van der Waals surface area contributed by atoms with E-state index in [0.717, 1.165) is 17.7 Å². The summed E-state index contributed by atoms with van der Waals surface area (Å²) < 4.78 is 5.07. The monoisotopic (exact) mass is 426 g/mol. The predicted octanol–water partition coefficient (Wildman–Crippen LogP) is 3.08. The molecule has 1 aromatic carbocycles. The molecule has 2 amide bonds. The van der Waals surface area contributed by atoms with Crippen LogP contribution in [0.25, 0.3) is 0 Å². The number of carbonyl (C=O) groups is 3. The van der Waals surface area contributed by atoms with Gasteiger partial charge in [-0.25, -0.2) is 0 Å². The van der Waals surface area contributed by atoms with Gasteiger partial charge in [0.1, 0.15) is 0 Å². The van der Waals surface area contributed by atoms with E-state index in [1.807, 2.05) is 19.1 Å². The highest BCUT2D eigenvalue weighted by atomic mass is 35.5. The van der Waals surface area contributed by atoms with E-state index in [1.165, 1.54) is 16.7 Å². The van der Waals surface area contributed by atoms with Crippen molar-refractivity contribution in [1.82, 2.24) is 9.80 Å². The zero-order valence-electron chi connectivity index (χ0n) is 16.5. The molecule has 0 bridgehead atoms. The van der Waals surface area contributed by atoms with E-state index in [4.69, 9.17) is 16.3 Å². The van der Waals surface area contributed by atoms with E-state index in [9.17, 15) is 14.4 Å². The van der Waals surface area contributed by atoms with Gasteiger partial charge in [0.2, 0.25) is 11.8 Å². The summed E-state index contributed by atoms with van der Waals surface area (Å²) in [5.74, 6) is -0.795. The number of likely N-dealkylation sites (tertiary alicyclic amines) is 1. The van der Waals surface area contributed by atoms with E-state index in [1.54, 1.807) is 31.0 Å². The number of benzene rings is 1. The lowest BCUT2D eigenvalue weighted by Crippen LogP contribution is -2.48. The van der Waals surface area contributed by atoms with E-state index < -0.39 is 0 Å². The first-order valence-corrected chi connectivity index (χ1v) is 10.7. The molecule has 2 rings (SSSR count). The van der Waals surface area contributed by atoms with Crippen LogP contribution in [-0.4, -0.2) is 66.1 Å². The first-order chi connectivity index (χ1) is 13.3. The van der Waals surface area contributed by atoms with Gasteiger partial charge in [0.05, 0.1) is 24.3 Å². The lowest BCUT2D eigenvalue weighted by Gasteiger charge is -2.33. The van der Waals surface area contributed by atoms with Crippen molar-refractivity contribution >= 4 is 41.1 Å². The number of thioether (sulfide) groups is 1. The summed E-state index contributed by atoms with van der Waals surface area (Å²) in [6.07, 6.45) is 1.49. The Kier molecular flexibility index (Phi) is 8.63. The van der Waals surface area contributed by atoms with Gasteiger partial charge in [-0.3, -0.25) is 14.4 Å². The standard InChI is InChI=1S/C20H27ClN2O4S/c1-4-27-20(26)15-6-5-11-23(12-15)18(24)13-22(3)19(25)14(2)28-17-9-7-16(21)8-10-17/h7-10,14-15H,4-6,11-13H2,1-3H3. The Hall–Kier alpha value is -1.73. The van der Waals surface area contributed by atoms with Crippen LogP contribution >= 0.6 is 23.4 Å². The third-order valence-electron chi connectivity index (χ3n) is 4.62. The molecule has 0 N–H and O–H groups in total. The van der Waals surface area contributed by atoms with Crippen LogP contribution in [0.2, 0.25) is 5.02 Å². The maximum absolute atomic E-state index is 12.6. The number of halogens is 1. The molecular weight excluding hydrogens is 400 g/mol. The summed E-state index contributed by atoms with van der Waals surface area (Å²) in [6.45, 7) is 4.89. The fraction of sp³-hybridized carbons (Fsp3) is 0.550. The molecule has 2 atom stereocenters. The zero-order valence-corrected chi connectivity index (χ0v) is 18.1. The second-order valence-electron chi connectivity index (χ2n) is 6.84. The van der Waals surface area contributed by atoms with Crippen LogP contribution in [0.5, 0.6) is 0 Å². The predicted molar refractivity (Wildman–Crippen MR) is 110 cm³/mol. The van der Waals surface area contributed by atoms with E-state index in [2.05, 4.69) is 0 Å². The molecule has 1 aliphatic heterocycles. The fourth-order valence-corrected chi connectivity index (χ4v) is 4.22. The molecule has 1 saturated heterocycles. The minimum Gasteiger partial charge on any atom is -0.466 e. The number of likely N-dealkylation sites (N-methyl/N-ethyl adjacent to an activating group) is 1. The van der Waals surface area contributed by atoms with Crippen molar-refractivity contribution in [3.63, 3.8) is 0 Å². The molecule has 6 nitrogen and oxygen atoms in total. The van der Waals surface area contributed by atoms with Gasteiger partial charge in [-0.15, -0.1) is 11.8 Å². The van der Waals surface area contributed by atoms with E-state index in [-0.39, 0.29) is 35.5 Å². The van der Waals surface area contributed by atoms with Gasteiger partial charge in [0.25, 0.3) is 0 Å². The highest BCUT2D eigenvalue weighted by Crippen LogP contribution is 2.26. The van der Waals surface area contributed by atoms with Crippen LogP contribution in [-0.2, 0) is 19.1 Å².